The van der Waals surface area contributed by atoms with E-state index in [-0.39, 0.29) is 5.91 Å². The summed E-state index contributed by atoms with van der Waals surface area (Å²) >= 11 is 0. The van der Waals surface area contributed by atoms with E-state index in [4.69, 9.17) is 4.74 Å². The minimum absolute atomic E-state index is 0.0282. The number of hydrogen-bond acceptors (Lipinski definition) is 4. The highest BCUT2D eigenvalue weighted by molar-refractivity contribution is 5.96. The molecule has 1 amide bonds. The lowest BCUT2D eigenvalue weighted by molar-refractivity contribution is -0.115. The molecular weight excluding hydrogens is 316 g/mol. The van der Waals surface area contributed by atoms with Crippen LogP contribution in [0.3, 0.4) is 0 Å². The van der Waals surface area contributed by atoms with Crippen molar-refractivity contribution in [1.29, 1.82) is 0 Å². The number of fused-ring (bicyclic) bond motifs is 1. The van der Waals surface area contributed by atoms with Crippen LogP contribution in [0.15, 0.2) is 48.8 Å². The van der Waals surface area contributed by atoms with E-state index in [0.717, 1.165) is 41.1 Å². The van der Waals surface area contributed by atoms with Crippen LogP contribution < -0.4 is 10.2 Å². The molecule has 2 heterocycles. The highest BCUT2D eigenvalue weighted by Crippen LogP contribution is 2.26. The quantitative estimate of drug-likeness (QED) is 0.768. The molecule has 6 heteroatoms. The van der Waals surface area contributed by atoms with Gasteiger partial charge in [-0.3, -0.25) is 4.79 Å². The van der Waals surface area contributed by atoms with E-state index in [1.54, 1.807) is 6.33 Å². The number of imidazole rings is 1. The van der Waals surface area contributed by atoms with Gasteiger partial charge in [-0.1, -0.05) is 18.2 Å². The maximum atomic E-state index is 12.5. The first-order chi connectivity index (χ1) is 12.3. The van der Waals surface area contributed by atoms with Gasteiger partial charge in [0.1, 0.15) is 0 Å². The largest absolute Gasteiger partial charge is 0.378 e. The molecule has 25 heavy (non-hydrogen) atoms. The third-order valence-electron chi connectivity index (χ3n) is 4.38. The number of benzene rings is 2. The third-order valence-corrected chi connectivity index (χ3v) is 4.38. The molecule has 0 saturated carbocycles. The number of carbonyl (C=O) groups is 1. The zero-order chi connectivity index (χ0) is 17.1. The first-order valence-corrected chi connectivity index (χ1v) is 8.43. The first-order valence-electron chi connectivity index (χ1n) is 8.43. The fourth-order valence-corrected chi connectivity index (χ4v) is 3.13. The molecule has 2 N–H and O–H groups in total. The number of morpholine rings is 1. The van der Waals surface area contributed by atoms with Gasteiger partial charge >= 0.3 is 0 Å². The van der Waals surface area contributed by atoms with Crippen LogP contribution in [0.4, 0.5) is 11.4 Å². The first kappa shape index (κ1) is 15.7. The van der Waals surface area contributed by atoms with E-state index < -0.39 is 0 Å². The summed E-state index contributed by atoms with van der Waals surface area (Å²) < 4.78 is 5.41. The Balaban J connectivity index is 1.48. The van der Waals surface area contributed by atoms with Crippen LogP contribution >= 0.6 is 0 Å². The predicted molar refractivity (Wildman–Crippen MR) is 97.9 cm³/mol. The fourth-order valence-electron chi connectivity index (χ4n) is 3.13. The van der Waals surface area contributed by atoms with Crippen molar-refractivity contribution in [2.24, 2.45) is 0 Å². The van der Waals surface area contributed by atoms with Gasteiger partial charge in [0, 0.05) is 13.1 Å². The maximum Gasteiger partial charge on any atom is 0.228 e. The van der Waals surface area contributed by atoms with Crippen LogP contribution in [0.25, 0.3) is 11.0 Å². The molecule has 6 nitrogen and oxygen atoms in total. The number of para-hydroxylation sites is 2. The second-order valence-electron chi connectivity index (χ2n) is 6.10. The molecule has 3 aromatic rings. The van der Waals surface area contributed by atoms with E-state index in [2.05, 4.69) is 20.2 Å². The number of rotatable bonds is 4. The summed E-state index contributed by atoms with van der Waals surface area (Å²) in [7, 11) is 0. The Bertz CT molecular complexity index is 884. The zero-order valence-electron chi connectivity index (χ0n) is 13.9. The number of amides is 1. The highest BCUT2D eigenvalue weighted by Gasteiger charge is 2.16. The number of aromatic amines is 1. The van der Waals surface area contributed by atoms with Crippen LogP contribution in [-0.4, -0.2) is 42.2 Å². The van der Waals surface area contributed by atoms with Crippen molar-refractivity contribution in [3.05, 3.63) is 54.4 Å². The fraction of sp³-hybridized carbons (Fsp3) is 0.263. The third kappa shape index (κ3) is 3.49. The topological polar surface area (TPSA) is 70.2 Å². The van der Waals surface area contributed by atoms with Gasteiger partial charge in [0.15, 0.2) is 0 Å². The molecule has 0 bridgehead atoms. The maximum absolute atomic E-state index is 12.5. The number of hydrogen-bond donors (Lipinski definition) is 2. The van der Waals surface area contributed by atoms with Gasteiger partial charge in [-0.25, -0.2) is 4.98 Å². The number of nitrogens with one attached hydrogen (secondary N) is 2. The molecule has 2 aromatic carbocycles. The van der Waals surface area contributed by atoms with Crippen molar-refractivity contribution in [1.82, 2.24) is 9.97 Å². The second kappa shape index (κ2) is 6.94. The Hall–Kier alpha value is -2.86. The van der Waals surface area contributed by atoms with Gasteiger partial charge in [0.2, 0.25) is 5.91 Å². The molecule has 0 spiro atoms. The van der Waals surface area contributed by atoms with E-state index in [1.165, 1.54) is 0 Å². The van der Waals surface area contributed by atoms with Crippen LogP contribution in [0.5, 0.6) is 0 Å². The SMILES string of the molecule is O=C(Cc1ccc2nc[nH]c2c1)Nc1ccccc1N1CCOCC1. The van der Waals surface area contributed by atoms with E-state index in [1.807, 2.05) is 42.5 Å². The minimum Gasteiger partial charge on any atom is -0.378 e. The van der Waals surface area contributed by atoms with Crippen molar-refractivity contribution in [2.45, 2.75) is 6.42 Å². The Morgan fingerprint density at radius 2 is 2.04 bits per heavy atom. The summed E-state index contributed by atoms with van der Waals surface area (Å²) in [4.78, 5) is 22.0. The average Bonchev–Trinajstić information content (AvgIpc) is 3.10. The van der Waals surface area contributed by atoms with E-state index >= 15 is 0 Å². The van der Waals surface area contributed by atoms with Gasteiger partial charge in [-0.2, -0.15) is 0 Å². The van der Waals surface area contributed by atoms with Gasteiger partial charge in [0.25, 0.3) is 0 Å². The van der Waals surface area contributed by atoms with Crippen molar-refractivity contribution < 1.29 is 9.53 Å². The molecule has 0 radical (unpaired) electrons. The molecule has 1 aliphatic rings. The molecule has 1 aromatic heterocycles. The van der Waals surface area contributed by atoms with Gasteiger partial charge in [0.05, 0.1) is 48.4 Å². The van der Waals surface area contributed by atoms with E-state index in [9.17, 15) is 4.79 Å². The number of ether oxygens (including phenoxy) is 1. The standard InChI is InChI=1S/C19H20N4O2/c24-19(12-14-5-6-15-17(11-14)21-13-20-15)22-16-3-1-2-4-18(16)23-7-9-25-10-8-23/h1-6,11,13H,7-10,12H2,(H,20,21)(H,22,24). The van der Waals surface area contributed by atoms with Crippen molar-refractivity contribution in [3.63, 3.8) is 0 Å². The molecule has 4 rings (SSSR count). The molecular formula is C19H20N4O2. The lowest BCUT2D eigenvalue weighted by atomic mass is 10.1. The van der Waals surface area contributed by atoms with Crippen molar-refractivity contribution >= 4 is 28.3 Å². The molecule has 1 saturated heterocycles. The molecule has 1 aliphatic heterocycles. The van der Waals surface area contributed by atoms with Crippen LogP contribution in [0.2, 0.25) is 0 Å². The summed E-state index contributed by atoms with van der Waals surface area (Å²) in [5, 5.41) is 3.05. The normalized spacial score (nSPS) is 14.6. The molecule has 0 unspecified atom stereocenters. The predicted octanol–water partition coefficient (Wildman–Crippen LogP) is 2.58. The van der Waals surface area contributed by atoms with Crippen LogP contribution in [0.1, 0.15) is 5.56 Å². The highest BCUT2D eigenvalue weighted by atomic mass is 16.5. The number of H-pyrrole nitrogens is 1. The summed E-state index contributed by atoms with van der Waals surface area (Å²) in [6, 6.07) is 13.8. The Morgan fingerprint density at radius 3 is 2.92 bits per heavy atom. The van der Waals surface area contributed by atoms with Crippen molar-refractivity contribution in [3.8, 4) is 0 Å². The smallest absolute Gasteiger partial charge is 0.228 e. The molecule has 0 atom stereocenters. The van der Waals surface area contributed by atoms with Crippen LogP contribution in [0, 0.1) is 0 Å². The van der Waals surface area contributed by atoms with Gasteiger partial charge < -0.3 is 19.9 Å². The average molecular weight is 336 g/mol. The molecule has 1 fully saturated rings. The van der Waals surface area contributed by atoms with Crippen molar-refractivity contribution in [2.75, 3.05) is 36.5 Å². The summed E-state index contributed by atoms with van der Waals surface area (Å²) in [6.45, 7) is 3.10. The number of carbonyl (C=O) groups excluding carboxylic acids is 1. The van der Waals surface area contributed by atoms with E-state index in [0.29, 0.717) is 19.6 Å². The second-order valence-corrected chi connectivity index (χ2v) is 6.10. The lowest BCUT2D eigenvalue weighted by Gasteiger charge is -2.30. The number of anilines is 2. The Kier molecular flexibility index (Phi) is 4.35. The lowest BCUT2D eigenvalue weighted by Crippen LogP contribution is -2.36. The Labute approximate surface area is 145 Å². The summed E-state index contributed by atoms with van der Waals surface area (Å²) in [6.07, 6.45) is 1.99. The summed E-state index contributed by atoms with van der Waals surface area (Å²) in [5.41, 5.74) is 4.69. The summed E-state index contributed by atoms with van der Waals surface area (Å²) in [5.74, 6) is -0.0282. The minimum atomic E-state index is -0.0282. The zero-order valence-corrected chi connectivity index (χ0v) is 13.9. The number of aromatic nitrogens is 2. The van der Waals surface area contributed by atoms with Gasteiger partial charge in [-0.15, -0.1) is 0 Å². The number of nitrogens with zero attached hydrogens (tertiary/aromatic N) is 2. The van der Waals surface area contributed by atoms with Gasteiger partial charge in [-0.05, 0) is 29.8 Å². The molecule has 0 aliphatic carbocycles. The molecule has 128 valence electrons. The van der Waals surface area contributed by atoms with Crippen LogP contribution in [-0.2, 0) is 16.0 Å². The monoisotopic (exact) mass is 336 g/mol. The Morgan fingerprint density at radius 1 is 1.20 bits per heavy atom.